The first-order chi connectivity index (χ1) is 25.0. The fourth-order valence-electron chi connectivity index (χ4n) is 10.0. The van der Waals surface area contributed by atoms with Gasteiger partial charge >= 0.3 is 11.9 Å². The lowest BCUT2D eigenvalue weighted by Gasteiger charge is -2.47. The summed E-state index contributed by atoms with van der Waals surface area (Å²) in [6.07, 6.45) is 7.42. The summed E-state index contributed by atoms with van der Waals surface area (Å²) in [5.41, 5.74) is 2.24. The zero-order valence-corrected chi connectivity index (χ0v) is 32.2. The van der Waals surface area contributed by atoms with Gasteiger partial charge in [-0.3, -0.25) is 9.59 Å². The van der Waals surface area contributed by atoms with Crippen LogP contribution in [0.25, 0.3) is 0 Å². The number of ether oxygens (including phenoxy) is 8. The topological polar surface area (TPSA) is 108 Å². The number of quaternary nitrogens is 2. The number of nitrogens with zero attached hydrogens (tertiary/aromatic N) is 2. The van der Waals surface area contributed by atoms with Crippen LogP contribution < -0.4 is 28.4 Å². The van der Waals surface area contributed by atoms with Crippen LogP contribution in [0.5, 0.6) is 34.5 Å². The van der Waals surface area contributed by atoms with Gasteiger partial charge in [0.1, 0.15) is 25.3 Å². The van der Waals surface area contributed by atoms with Gasteiger partial charge < -0.3 is 46.9 Å². The minimum absolute atomic E-state index is 0.0384. The van der Waals surface area contributed by atoms with E-state index in [-0.39, 0.29) is 37.0 Å². The molecule has 4 bridgehead atoms. The molecule has 286 valence electrons. The second-order valence-electron chi connectivity index (χ2n) is 15.5. The number of hydrogen-bond donors (Lipinski definition) is 0. The fourth-order valence-corrected chi connectivity index (χ4v) is 10.0. The molecule has 52 heavy (non-hydrogen) atoms. The molecule has 4 aliphatic heterocycles. The molecule has 4 fully saturated rings. The molecule has 0 spiro atoms. The summed E-state index contributed by atoms with van der Waals surface area (Å²) in [5.74, 6) is 3.15. The maximum Gasteiger partial charge on any atom is 0.306 e. The third-order valence-corrected chi connectivity index (χ3v) is 12.8. The number of fused-ring (bicyclic) bond motifs is 4. The Hall–Kier alpha value is -3.90. The second-order valence-corrected chi connectivity index (χ2v) is 15.5. The summed E-state index contributed by atoms with van der Waals surface area (Å²) in [6.45, 7) is 1.65. The van der Waals surface area contributed by atoms with E-state index < -0.39 is 0 Å². The Morgan fingerprint density at radius 1 is 0.519 bits per heavy atom. The van der Waals surface area contributed by atoms with Crippen molar-refractivity contribution in [2.75, 3.05) is 56.8 Å². The predicted molar refractivity (Wildman–Crippen MR) is 193 cm³/mol. The first-order valence-electron chi connectivity index (χ1n) is 18.6. The SMILES string of the molecule is COc1cc(C[N+]2(C)C3CCC2CC(OC(=O)CCC(=O)OC2CC4CCC(C2)[N+]4(C)Cc2cc(OC)c(OC)c(OC)c2)C3)cc(OC)c1OC. The van der Waals surface area contributed by atoms with Crippen molar-refractivity contribution < 1.29 is 56.5 Å². The molecule has 0 N–H and O–H groups in total. The van der Waals surface area contributed by atoms with Crippen LogP contribution >= 0.6 is 0 Å². The molecular formula is C40H58N2O10+2. The van der Waals surface area contributed by atoms with E-state index in [0.29, 0.717) is 58.7 Å². The van der Waals surface area contributed by atoms with Crippen LogP contribution in [0.15, 0.2) is 24.3 Å². The highest BCUT2D eigenvalue weighted by atomic mass is 16.6. The summed E-state index contributed by atoms with van der Waals surface area (Å²) < 4.78 is 47.2. The van der Waals surface area contributed by atoms with Crippen LogP contribution in [-0.2, 0) is 32.2 Å². The van der Waals surface area contributed by atoms with E-state index in [2.05, 4.69) is 14.1 Å². The minimum Gasteiger partial charge on any atom is -0.493 e. The van der Waals surface area contributed by atoms with Gasteiger partial charge in [0.25, 0.3) is 0 Å². The lowest BCUT2D eigenvalue weighted by atomic mass is 9.95. The van der Waals surface area contributed by atoms with Crippen molar-refractivity contribution >= 4 is 11.9 Å². The summed E-state index contributed by atoms with van der Waals surface area (Å²) in [4.78, 5) is 26.0. The van der Waals surface area contributed by atoms with Crippen molar-refractivity contribution in [3.63, 3.8) is 0 Å². The molecular weight excluding hydrogens is 668 g/mol. The van der Waals surface area contributed by atoms with E-state index >= 15 is 0 Å². The van der Waals surface area contributed by atoms with Gasteiger partial charge in [-0.2, -0.15) is 0 Å². The molecule has 6 rings (SSSR count). The fraction of sp³-hybridized carbons (Fsp3) is 0.650. The zero-order valence-electron chi connectivity index (χ0n) is 32.2. The van der Waals surface area contributed by atoms with Crippen molar-refractivity contribution in [3.05, 3.63) is 35.4 Å². The van der Waals surface area contributed by atoms with Gasteiger partial charge in [-0.15, -0.1) is 0 Å². The third kappa shape index (κ3) is 7.33. The van der Waals surface area contributed by atoms with E-state index in [0.717, 1.165) is 84.5 Å². The quantitative estimate of drug-likeness (QED) is 0.171. The minimum atomic E-state index is -0.319. The first kappa shape index (κ1) is 37.8. The Balaban J connectivity index is 0.978. The number of esters is 2. The number of piperidine rings is 2. The molecule has 0 amide bonds. The highest BCUT2D eigenvalue weighted by Gasteiger charge is 2.54. The van der Waals surface area contributed by atoms with Crippen molar-refractivity contribution in [1.82, 2.24) is 0 Å². The van der Waals surface area contributed by atoms with Gasteiger partial charge in [-0.05, 0) is 24.3 Å². The molecule has 4 unspecified atom stereocenters. The molecule has 0 saturated carbocycles. The van der Waals surface area contributed by atoms with Gasteiger partial charge in [0.2, 0.25) is 11.5 Å². The van der Waals surface area contributed by atoms with Gasteiger partial charge in [0, 0.05) is 62.5 Å². The molecule has 0 radical (unpaired) electrons. The average Bonchev–Trinajstić information content (AvgIpc) is 3.36. The molecule has 2 aromatic carbocycles. The summed E-state index contributed by atoms with van der Waals surface area (Å²) >= 11 is 0. The number of carbonyl (C=O) groups is 2. The summed E-state index contributed by atoms with van der Waals surface area (Å²) in [6, 6.07) is 9.62. The second kappa shape index (κ2) is 15.6. The number of hydrogen-bond acceptors (Lipinski definition) is 10. The van der Waals surface area contributed by atoms with Crippen molar-refractivity contribution in [1.29, 1.82) is 0 Å². The van der Waals surface area contributed by atoms with E-state index in [9.17, 15) is 9.59 Å². The molecule has 4 heterocycles. The number of rotatable bonds is 15. The zero-order chi connectivity index (χ0) is 37.2. The Labute approximate surface area is 308 Å². The van der Waals surface area contributed by atoms with Gasteiger partial charge in [0.05, 0.1) is 93.8 Å². The van der Waals surface area contributed by atoms with Crippen molar-refractivity contribution in [2.24, 2.45) is 0 Å². The Kier molecular flexibility index (Phi) is 11.4. The number of methoxy groups -OCH3 is 6. The molecule has 12 heteroatoms. The highest BCUT2D eigenvalue weighted by Crippen LogP contribution is 2.47. The Morgan fingerprint density at radius 2 is 0.808 bits per heavy atom. The lowest BCUT2D eigenvalue weighted by Crippen LogP contribution is -2.58. The number of carbonyl (C=O) groups excluding carboxylic acids is 2. The average molecular weight is 727 g/mol. The first-order valence-corrected chi connectivity index (χ1v) is 18.6. The van der Waals surface area contributed by atoms with E-state index in [1.165, 1.54) is 0 Å². The van der Waals surface area contributed by atoms with E-state index in [1.807, 2.05) is 24.3 Å². The smallest absolute Gasteiger partial charge is 0.306 e. The lowest BCUT2D eigenvalue weighted by molar-refractivity contribution is -0.961. The van der Waals surface area contributed by atoms with E-state index in [1.54, 1.807) is 42.7 Å². The maximum absolute atomic E-state index is 13.0. The molecule has 4 saturated heterocycles. The van der Waals surface area contributed by atoms with Crippen LogP contribution in [0.2, 0.25) is 0 Å². The third-order valence-electron chi connectivity index (χ3n) is 12.8. The standard InChI is InChI=1S/C40H58N2O10/c1-41(23-25-15-33(45-3)39(49-7)34(16-25)46-4)27-9-10-28(41)20-31(19-27)51-37(43)13-14-38(44)52-32-21-29-11-12-30(22-32)42(29,2)24-26-17-35(47-5)40(50-8)36(18-26)48-6/h15-18,27-32H,9-14,19-24H2,1-8H3/q+2. The summed E-state index contributed by atoms with van der Waals surface area (Å²) in [5, 5.41) is 0. The summed E-state index contributed by atoms with van der Waals surface area (Å²) in [7, 11) is 14.4. The van der Waals surface area contributed by atoms with Gasteiger partial charge in [-0.25, -0.2) is 0 Å². The van der Waals surface area contributed by atoms with Crippen LogP contribution in [0.4, 0.5) is 0 Å². The van der Waals surface area contributed by atoms with Crippen LogP contribution in [0.3, 0.4) is 0 Å². The van der Waals surface area contributed by atoms with E-state index in [4.69, 9.17) is 37.9 Å². The van der Waals surface area contributed by atoms with Crippen LogP contribution in [0.1, 0.15) is 75.3 Å². The maximum atomic E-state index is 13.0. The molecule has 12 nitrogen and oxygen atoms in total. The number of benzene rings is 2. The molecule has 0 aromatic heterocycles. The van der Waals surface area contributed by atoms with Crippen LogP contribution in [0, 0.1) is 0 Å². The molecule has 2 aromatic rings. The predicted octanol–water partition coefficient (Wildman–Crippen LogP) is 5.59. The van der Waals surface area contributed by atoms with Crippen LogP contribution in [-0.4, -0.2) is 114 Å². The Bertz CT molecular complexity index is 1420. The largest absolute Gasteiger partial charge is 0.493 e. The Morgan fingerprint density at radius 3 is 1.06 bits per heavy atom. The highest BCUT2D eigenvalue weighted by molar-refractivity contribution is 5.77. The van der Waals surface area contributed by atoms with Gasteiger partial charge in [-0.1, -0.05) is 0 Å². The molecule has 4 atom stereocenters. The van der Waals surface area contributed by atoms with Gasteiger partial charge in [0.15, 0.2) is 23.0 Å². The molecule has 0 aliphatic carbocycles. The normalized spacial score (nSPS) is 30.3. The molecule has 4 aliphatic rings. The monoisotopic (exact) mass is 726 g/mol. The van der Waals surface area contributed by atoms with Crippen molar-refractivity contribution in [2.45, 2.75) is 114 Å². The van der Waals surface area contributed by atoms with Crippen molar-refractivity contribution in [3.8, 4) is 34.5 Å².